The van der Waals surface area contributed by atoms with E-state index in [4.69, 9.17) is 9.41 Å². The number of nitrogens with one attached hydrogen (secondary N) is 2. The summed E-state index contributed by atoms with van der Waals surface area (Å²) in [6, 6.07) is 14.1. The Morgan fingerprint density at radius 2 is 1.96 bits per heavy atom. The molecule has 5 nitrogen and oxygen atoms in total. The first-order chi connectivity index (χ1) is 11.7. The summed E-state index contributed by atoms with van der Waals surface area (Å²) in [6.07, 6.45) is 3.23. The molecule has 1 fully saturated rings. The van der Waals surface area contributed by atoms with Crippen molar-refractivity contribution in [2.45, 2.75) is 31.3 Å². The van der Waals surface area contributed by atoms with E-state index in [-0.39, 0.29) is 29.4 Å². The fraction of sp³-hybridized carbons (Fsp3) is 0.421. The van der Waals surface area contributed by atoms with Gasteiger partial charge in [0.2, 0.25) is 0 Å². The molecule has 0 amide bonds. The Morgan fingerprint density at radius 1 is 1.20 bits per heavy atom. The lowest BCUT2D eigenvalue weighted by Crippen LogP contribution is -2.40. The zero-order chi connectivity index (χ0) is 16.8. The number of aliphatic hydroxyl groups excluding tert-OH is 1. The molecular weight excluding hydrogens is 429 g/mol. The third kappa shape index (κ3) is 5.22. The SMILES string of the molecule is CCNC(=NCC1(c2ccccc2)CC1)NCC(O)c1ccco1.I. The first kappa shape index (κ1) is 19.8. The minimum Gasteiger partial charge on any atom is -0.467 e. The lowest BCUT2D eigenvalue weighted by molar-refractivity contribution is 0.153. The highest BCUT2D eigenvalue weighted by atomic mass is 127. The van der Waals surface area contributed by atoms with Gasteiger partial charge in [-0.1, -0.05) is 30.3 Å². The number of benzene rings is 1. The lowest BCUT2D eigenvalue weighted by atomic mass is 9.96. The van der Waals surface area contributed by atoms with Gasteiger partial charge in [-0.3, -0.25) is 4.99 Å². The summed E-state index contributed by atoms with van der Waals surface area (Å²) in [5.41, 5.74) is 1.55. The van der Waals surface area contributed by atoms with Crippen molar-refractivity contribution in [1.82, 2.24) is 10.6 Å². The summed E-state index contributed by atoms with van der Waals surface area (Å²) in [7, 11) is 0. The summed E-state index contributed by atoms with van der Waals surface area (Å²) in [6.45, 7) is 3.92. The second kappa shape index (κ2) is 9.24. The molecule has 1 atom stereocenters. The maximum atomic E-state index is 10.1. The van der Waals surface area contributed by atoms with Gasteiger partial charge in [-0.2, -0.15) is 0 Å². The highest BCUT2D eigenvalue weighted by Gasteiger charge is 2.43. The Hall–Kier alpha value is -1.54. The van der Waals surface area contributed by atoms with Crippen molar-refractivity contribution in [2.75, 3.05) is 19.6 Å². The highest BCUT2D eigenvalue weighted by molar-refractivity contribution is 14.0. The smallest absolute Gasteiger partial charge is 0.191 e. The first-order valence-corrected chi connectivity index (χ1v) is 8.53. The van der Waals surface area contributed by atoms with E-state index in [1.807, 2.05) is 13.0 Å². The van der Waals surface area contributed by atoms with Crippen molar-refractivity contribution in [2.24, 2.45) is 4.99 Å². The fourth-order valence-electron chi connectivity index (χ4n) is 2.83. The number of aliphatic imine (C=N–C) groups is 1. The van der Waals surface area contributed by atoms with E-state index in [9.17, 15) is 5.11 Å². The molecule has 1 aliphatic carbocycles. The zero-order valence-electron chi connectivity index (χ0n) is 14.4. The Labute approximate surface area is 165 Å². The van der Waals surface area contributed by atoms with Crippen molar-refractivity contribution >= 4 is 29.9 Å². The van der Waals surface area contributed by atoms with Gasteiger partial charge >= 0.3 is 0 Å². The number of hydrogen-bond donors (Lipinski definition) is 3. The van der Waals surface area contributed by atoms with Crippen molar-refractivity contribution in [1.29, 1.82) is 0 Å². The Morgan fingerprint density at radius 3 is 2.56 bits per heavy atom. The monoisotopic (exact) mass is 455 g/mol. The largest absolute Gasteiger partial charge is 0.467 e. The van der Waals surface area contributed by atoms with Crippen molar-refractivity contribution in [3.63, 3.8) is 0 Å². The number of furan rings is 1. The summed E-state index contributed by atoms with van der Waals surface area (Å²) in [5, 5.41) is 16.5. The standard InChI is InChI=1S/C19H25N3O2.HI/c1-2-20-18(21-13-16(23)17-9-6-12-24-17)22-14-19(10-11-19)15-7-4-3-5-8-15;/h3-9,12,16,23H,2,10-11,13-14H2,1H3,(H2,20,21,22);1H. The van der Waals surface area contributed by atoms with Gasteiger partial charge in [0.05, 0.1) is 19.4 Å². The van der Waals surface area contributed by atoms with Crippen LogP contribution in [0.15, 0.2) is 58.1 Å². The van der Waals surface area contributed by atoms with Gasteiger partial charge in [-0.15, -0.1) is 24.0 Å². The summed E-state index contributed by atoms with van der Waals surface area (Å²) < 4.78 is 5.22. The van der Waals surface area contributed by atoms with Gasteiger partial charge in [0.15, 0.2) is 5.96 Å². The summed E-state index contributed by atoms with van der Waals surface area (Å²) >= 11 is 0. The van der Waals surface area contributed by atoms with Crippen LogP contribution in [0.3, 0.4) is 0 Å². The van der Waals surface area contributed by atoms with E-state index >= 15 is 0 Å². The number of guanidine groups is 1. The molecule has 6 heteroatoms. The number of hydrogen-bond acceptors (Lipinski definition) is 3. The molecule has 0 radical (unpaired) electrons. The quantitative estimate of drug-likeness (QED) is 0.341. The topological polar surface area (TPSA) is 69.8 Å². The van der Waals surface area contributed by atoms with Crippen LogP contribution in [0.4, 0.5) is 0 Å². The molecule has 1 heterocycles. The molecule has 0 saturated heterocycles. The molecule has 25 heavy (non-hydrogen) atoms. The van der Waals surface area contributed by atoms with Crippen LogP contribution >= 0.6 is 24.0 Å². The van der Waals surface area contributed by atoms with E-state index in [1.54, 1.807) is 18.4 Å². The molecule has 1 aliphatic rings. The number of rotatable bonds is 7. The molecule has 0 spiro atoms. The van der Waals surface area contributed by atoms with E-state index in [0.29, 0.717) is 12.3 Å². The fourth-order valence-corrected chi connectivity index (χ4v) is 2.83. The number of nitrogens with zero attached hydrogens (tertiary/aromatic N) is 1. The molecule has 3 N–H and O–H groups in total. The molecular formula is C19H26IN3O2. The first-order valence-electron chi connectivity index (χ1n) is 8.53. The Kier molecular flexibility index (Phi) is 7.31. The predicted molar refractivity (Wildman–Crippen MR) is 110 cm³/mol. The molecule has 1 unspecified atom stereocenters. The maximum Gasteiger partial charge on any atom is 0.191 e. The van der Waals surface area contributed by atoms with Gasteiger partial charge in [0.25, 0.3) is 0 Å². The molecule has 0 aliphatic heterocycles. The average molecular weight is 455 g/mol. The molecule has 1 saturated carbocycles. The predicted octanol–water partition coefficient (Wildman–Crippen LogP) is 3.22. The van der Waals surface area contributed by atoms with E-state index in [2.05, 4.69) is 34.9 Å². The van der Waals surface area contributed by atoms with Crippen molar-refractivity contribution < 1.29 is 9.52 Å². The highest BCUT2D eigenvalue weighted by Crippen LogP contribution is 2.48. The second-order valence-electron chi connectivity index (χ2n) is 6.25. The van der Waals surface area contributed by atoms with Gasteiger partial charge in [0.1, 0.15) is 11.9 Å². The molecule has 0 bridgehead atoms. The third-order valence-corrected chi connectivity index (χ3v) is 4.46. The minimum absolute atomic E-state index is 0. The molecule has 1 aromatic heterocycles. The van der Waals surface area contributed by atoms with Gasteiger partial charge < -0.3 is 20.2 Å². The Balaban J connectivity index is 0.00000225. The van der Waals surface area contributed by atoms with Gasteiger partial charge in [-0.25, -0.2) is 0 Å². The van der Waals surface area contributed by atoms with Crippen LogP contribution in [0.25, 0.3) is 0 Å². The third-order valence-electron chi connectivity index (χ3n) is 4.46. The molecule has 3 rings (SSSR count). The van der Waals surface area contributed by atoms with Crippen LogP contribution in [0.2, 0.25) is 0 Å². The minimum atomic E-state index is -0.687. The maximum absolute atomic E-state index is 10.1. The van der Waals surface area contributed by atoms with Gasteiger partial charge in [-0.05, 0) is 37.5 Å². The van der Waals surface area contributed by atoms with Crippen LogP contribution in [0.1, 0.15) is 37.2 Å². The van der Waals surface area contributed by atoms with Crippen molar-refractivity contribution in [3.8, 4) is 0 Å². The molecule has 136 valence electrons. The average Bonchev–Trinajstić information content (AvgIpc) is 3.21. The molecule has 1 aromatic carbocycles. The van der Waals surface area contributed by atoms with Gasteiger partial charge in [0, 0.05) is 12.0 Å². The normalized spacial score (nSPS) is 16.6. The lowest BCUT2D eigenvalue weighted by Gasteiger charge is -2.17. The molecule has 2 aromatic rings. The zero-order valence-corrected chi connectivity index (χ0v) is 16.8. The van der Waals surface area contributed by atoms with Crippen LogP contribution in [0.5, 0.6) is 0 Å². The van der Waals surface area contributed by atoms with Crippen LogP contribution in [-0.4, -0.2) is 30.7 Å². The van der Waals surface area contributed by atoms with Crippen LogP contribution in [-0.2, 0) is 5.41 Å². The number of halogens is 1. The second-order valence-corrected chi connectivity index (χ2v) is 6.25. The van der Waals surface area contributed by atoms with Crippen LogP contribution in [0, 0.1) is 0 Å². The van der Waals surface area contributed by atoms with Crippen LogP contribution < -0.4 is 10.6 Å². The van der Waals surface area contributed by atoms with E-state index in [1.165, 1.54) is 18.4 Å². The van der Waals surface area contributed by atoms with Crippen molar-refractivity contribution in [3.05, 3.63) is 60.1 Å². The summed E-state index contributed by atoms with van der Waals surface area (Å²) in [5.74, 6) is 1.28. The van der Waals surface area contributed by atoms with E-state index < -0.39 is 6.10 Å². The van der Waals surface area contributed by atoms with E-state index in [0.717, 1.165) is 19.0 Å². The summed E-state index contributed by atoms with van der Waals surface area (Å²) in [4.78, 5) is 4.73. The number of aliphatic hydroxyl groups is 1. The Bertz CT molecular complexity index is 655.